The van der Waals surface area contributed by atoms with Crippen LogP contribution in [0.2, 0.25) is 0 Å². The summed E-state index contributed by atoms with van der Waals surface area (Å²) in [5, 5.41) is 0. The molecule has 1 fully saturated rings. The Hall–Kier alpha value is -2.02. The Morgan fingerprint density at radius 1 is 1.26 bits per heavy atom. The van der Waals surface area contributed by atoms with Gasteiger partial charge in [0.1, 0.15) is 0 Å². The molecule has 0 bridgehead atoms. The van der Waals surface area contributed by atoms with Gasteiger partial charge >= 0.3 is 0 Å². The maximum atomic E-state index is 12.2. The third-order valence-electron chi connectivity index (χ3n) is 3.93. The highest BCUT2D eigenvalue weighted by Gasteiger charge is 2.31. The van der Waals surface area contributed by atoms with E-state index in [0.29, 0.717) is 17.9 Å². The zero-order chi connectivity index (χ0) is 17.0. The summed E-state index contributed by atoms with van der Waals surface area (Å²) >= 11 is 0. The quantitative estimate of drug-likeness (QED) is 0.758. The van der Waals surface area contributed by atoms with Crippen molar-refractivity contribution in [1.29, 1.82) is 0 Å². The van der Waals surface area contributed by atoms with Crippen molar-refractivity contribution in [3.8, 4) is 11.5 Å². The van der Waals surface area contributed by atoms with Gasteiger partial charge in [0, 0.05) is 19.2 Å². The lowest BCUT2D eigenvalue weighted by molar-refractivity contribution is -0.126. The second-order valence-electron chi connectivity index (χ2n) is 5.45. The van der Waals surface area contributed by atoms with Crippen molar-refractivity contribution in [2.24, 2.45) is 0 Å². The van der Waals surface area contributed by atoms with Crippen LogP contribution in [0.5, 0.6) is 11.5 Å². The molecular weight excluding hydrogens is 318 g/mol. The number of nitrogens with zero attached hydrogens (tertiary/aromatic N) is 1. The minimum atomic E-state index is -3.01. The molecule has 1 aliphatic heterocycles. The molecule has 1 heterocycles. The van der Waals surface area contributed by atoms with Gasteiger partial charge in [-0.1, -0.05) is 6.07 Å². The van der Waals surface area contributed by atoms with E-state index >= 15 is 0 Å². The highest BCUT2D eigenvalue weighted by molar-refractivity contribution is 7.91. The molecule has 6 nitrogen and oxygen atoms in total. The van der Waals surface area contributed by atoms with Gasteiger partial charge in [-0.05, 0) is 30.2 Å². The molecule has 1 aromatic carbocycles. The number of sulfone groups is 1. The average Bonchev–Trinajstić information content (AvgIpc) is 2.91. The van der Waals surface area contributed by atoms with E-state index in [1.54, 1.807) is 39.5 Å². The first kappa shape index (κ1) is 17.3. The number of methoxy groups -OCH3 is 2. The smallest absolute Gasteiger partial charge is 0.246 e. The summed E-state index contributed by atoms with van der Waals surface area (Å²) in [6, 6.07) is 5.09. The van der Waals surface area contributed by atoms with E-state index in [1.165, 1.54) is 11.0 Å². The van der Waals surface area contributed by atoms with Crippen LogP contribution in [0, 0.1) is 0 Å². The zero-order valence-electron chi connectivity index (χ0n) is 13.5. The van der Waals surface area contributed by atoms with Crippen LogP contribution < -0.4 is 9.47 Å². The van der Waals surface area contributed by atoms with Crippen molar-refractivity contribution < 1.29 is 22.7 Å². The lowest BCUT2D eigenvalue weighted by Crippen LogP contribution is -2.36. The second-order valence-corrected chi connectivity index (χ2v) is 7.68. The molecule has 1 amide bonds. The van der Waals surface area contributed by atoms with Gasteiger partial charge in [0.2, 0.25) is 5.91 Å². The Kier molecular flexibility index (Phi) is 5.30. The number of benzene rings is 1. The standard InChI is InChI=1S/C16H21NO5S/c1-17(13-8-9-23(19,20)11-13)16(18)7-5-12-4-6-14(21-2)15(10-12)22-3/h4-7,10,13H,8-9,11H2,1-3H3/b7-5+. The van der Waals surface area contributed by atoms with Gasteiger partial charge < -0.3 is 14.4 Å². The molecule has 126 valence electrons. The van der Waals surface area contributed by atoms with Crippen LogP contribution in [0.3, 0.4) is 0 Å². The van der Waals surface area contributed by atoms with Gasteiger partial charge in [-0.15, -0.1) is 0 Å². The fraction of sp³-hybridized carbons (Fsp3) is 0.438. The van der Waals surface area contributed by atoms with Gasteiger partial charge in [0.25, 0.3) is 0 Å². The van der Waals surface area contributed by atoms with Crippen LogP contribution in [0.4, 0.5) is 0 Å². The Bertz CT molecular complexity index is 711. The zero-order valence-corrected chi connectivity index (χ0v) is 14.3. The summed E-state index contributed by atoms with van der Waals surface area (Å²) in [5.74, 6) is 1.16. The number of carbonyl (C=O) groups excluding carboxylic acids is 1. The summed E-state index contributed by atoms with van der Waals surface area (Å²) in [6.07, 6.45) is 3.60. The first-order chi connectivity index (χ1) is 10.9. The highest BCUT2D eigenvalue weighted by atomic mass is 32.2. The van der Waals surface area contributed by atoms with E-state index in [4.69, 9.17) is 9.47 Å². The van der Waals surface area contributed by atoms with Crippen molar-refractivity contribution in [2.45, 2.75) is 12.5 Å². The summed E-state index contributed by atoms with van der Waals surface area (Å²) in [7, 11) is 1.73. The molecule has 0 aromatic heterocycles. The number of carbonyl (C=O) groups is 1. The van der Waals surface area contributed by atoms with Gasteiger partial charge in [-0.3, -0.25) is 4.79 Å². The van der Waals surface area contributed by atoms with E-state index < -0.39 is 9.84 Å². The number of rotatable bonds is 5. The molecule has 1 aliphatic rings. The van der Waals surface area contributed by atoms with Gasteiger partial charge in [-0.25, -0.2) is 8.42 Å². The molecule has 0 aliphatic carbocycles. The van der Waals surface area contributed by atoms with Crippen LogP contribution in [0.15, 0.2) is 24.3 Å². The number of likely N-dealkylation sites (N-methyl/N-ethyl adjacent to an activating group) is 1. The molecule has 1 atom stereocenters. The molecule has 1 aromatic rings. The minimum Gasteiger partial charge on any atom is -0.493 e. The van der Waals surface area contributed by atoms with Crippen LogP contribution in [-0.4, -0.2) is 58.0 Å². The summed E-state index contributed by atoms with van der Waals surface area (Å²) < 4.78 is 33.4. The molecule has 7 heteroatoms. The fourth-order valence-corrected chi connectivity index (χ4v) is 4.28. The van der Waals surface area contributed by atoms with Crippen LogP contribution in [-0.2, 0) is 14.6 Å². The minimum absolute atomic E-state index is 0.0411. The molecule has 0 saturated carbocycles. The monoisotopic (exact) mass is 339 g/mol. The van der Waals surface area contributed by atoms with Crippen LogP contribution in [0.25, 0.3) is 6.08 Å². The fourth-order valence-electron chi connectivity index (χ4n) is 2.50. The molecule has 2 rings (SSSR count). The van der Waals surface area contributed by atoms with Gasteiger partial charge in [0.15, 0.2) is 21.3 Å². The van der Waals surface area contributed by atoms with Gasteiger partial charge in [-0.2, -0.15) is 0 Å². The van der Waals surface area contributed by atoms with Crippen LogP contribution in [0.1, 0.15) is 12.0 Å². The van der Waals surface area contributed by atoms with Crippen molar-refractivity contribution >= 4 is 21.8 Å². The lowest BCUT2D eigenvalue weighted by atomic mass is 10.1. The van der Waals surface area contributed by atoms with Crippen molar-refractivity contribution in [1.82, 2.24) is 4.90 Å². The van der Waals surface area contributed by atoms with Crippen molar-refractivity contribution in [2.75, 3.05) is 32.8 Å². The third kappa shape index (κ3) is 4.25. The van der Waals surface area contributed by atoms with Crippen molar-refractivity contribution in [3.63, 3.8) is 0 Å². The van der Waals surface area contributed by atoms with E-state index in [-0.39, 0.29) is 23.5 Å². The molecule has 0 radical (unpaired) electrons. The Morgan fingerprint density at radius 3 is 2.52 bits per heavy atom. The van der Waals surface area contributed by atoms with Crippen LogP contribution >= 0.6 is 0 Å². The average molecular weight is 339 g/mol. The predicted octanol–water partition coefficient (Wildman–Crippen LogP) is 1.36. The van der Waals surface area contributed by atoms with E-state index in [2.05, 4.69) is 0 Å². The maximum absolute atomic E-state index is 12.2. The summed E-state index contributed by atoms with van der Waals surface area (Å²) in [5.41, 5.74) is 0.795. The van der Waals surface area contributed by atoms with E-state index in [9.17, 15) is 13.2 Å². The number of hydrogen-bond donors (Lipinski definition) is 0. The predicted molar refractivity (Wildman–Crippen MR) is 88.4 cm³/mol. The lowest BCUT2D eigenvalue weighted by Gasteiger charge is -2.21. The molecule has 0 spiro atoms. The molecular formula is C16H21NO5S. The second kappa shape index (κ2) is 7.04. The van der Waals surface area contributed by atoms with E-state index in [1.807, 2.05) is 6.07 Å². The molecule has 1 unspecified atom stereocenters. The summed E-state index contributed by atoms with van der Waals surface area (Å²) in [4.78, 5) is 13.7. The highest BCUT2D eigenvalue weighted by Crippen LogP contribution is 2.28. The first-order valence-corrected chi connectivity index (χ1v) is 9.06. The largest absolute Gasteiger partial charge is 0.493 e. The number of ether oxygens (including phenoxy) is 2. The topological polar surface area (TPSA) is 72.9 Å². The van der Waals surface area contributed by atoms with E-state index in [0.717, 1.165) is 5.56 Å². The summed E-state index contributed by atoms with van der Waals surface area (Å²) in [6.45, 7) is 0. The number of amides is 1. The van der Waals surface area contributed by atoms with Gasteiger partial charge in [0.05, 0.1) is 25.7 Å². The third-order valence-corrected chi connectivity index (χ3v) is 5.68. The first-order valence-electron chi connectivity index (χ1n) is 7.23. The molecule has 1 saturated heterocycles. The Balaban J connectivity index is 2.06. The van der Waals surface area contributed by atoms with Crippen molar-refractivity contribution in [3.05, 3.63) is 29.8 Å². The SMILES string of the molecule is COc1ccc(/C=C/C(=O)N(C)C2CCS(=O)(=O)C2)cc1OC. The Labute approximate surface area is 136 Å². The maximum Gasteiger partial charge on any atom is 0.246 e. The Morgan fingerprint density at radius 2 is 1.96 bits per heavy atom. The molecule has 0 N–H and O–H groups in total. The number of hydrogen-bond acceptors (Lipinski definition) is 5. The molecule has 23 heavy (non-hydrogen) atoms. The normalized spacial score (nSPS) is 19.7.